The molecule has 1 aromatic carbocycles. The first kappa shape index (κ1) is 32.4. The molecule has 3 aromatic heterocycles. The molecule has 3 aliphatic rings. The van der Waals surface area contributed by atoms with E-state index in [-0.39, 0.29) is 24.1 Å². The number of aromatic nitrogens is 6. The van der Waals surface area contributed by atoms with E-state index < -0.39 is 16.1 Å². The Labute approximate surface area is 279 Å². The van der Waals surface area contributed by atoms with E-state index in [9.17, 15) is 18.0 Å². The molecule has 0 spiro atoms. The lowest BCUT2D eigenvalue weighted by atomic mass is 9.89. The van der Waals surface area contributed by atoms with Crippen LogP contribution in [-0.2, 0) is 28.4 Å². The van der Waals surface area contributed by atoms with Crippen LogP contribution in [0, 0.1) is 0 Å². The second-order valence-electron chi connectivity index (χ2n) is 13.0. The van der Waals surface area contributed by atoms with Crippen molar-refractivity contribution in [3.05, 3.63) is 36.2 Å². The summed E-state index contributed by atoms with van der Waals surface area (Å²) < 4.78 is 31.7. The fourth-order valence-electron chi connectivity index (χ4n) is 7.19. The van der Waals surface area contributed by atoms with Crippen molar-refractivity contribution in [2.75, 3.05) is 55.2 Å². The minimum Gasteiger partial charge on any atom is -0.351 e. The largest absolute Gasteiger partial charge is 0.351 e. The van der Waals surface area contributed by atoms with Crippen LogP contribution in [0.3, 0.4) is 0 Å². The standard InChI is InChI=1S/C32H43N11O4S/c1-3-43-29-24(21-34-43)20-33-31(37-29)35-25-9-15-41(16-10-25)48(46,47)18-4-12-40-13-7-22(8-14-40)23-5-6-26-27(19-23)39(2)38-30(26)42-17-11-28(44)36-32(42)45/h5-6,19-22,25H,3-4,7-18H2,1-2H3,(H,33,35,37)(H,36,44,45). The molecule has 3 fully saturated rings. The zero-order valence-corrected chi connectivity index (χ0v) is 28.3. The lowest BCUT2D eigenvalue weighted by Gasteiger charge is -2.33. The highest BCUT2D eigenvalue weighted by Gasteiger charge is 2.30. The molecule has 3 aliphatic heterocycles. The number of aryl methyl sites for hydroxylation is 2. The normalized spacial score (nSPS) is 19.4. The molecule has 4 aromatic rings. The average Bonchev–Trinajstić information content (AvgIpc) is 3.65. The van der Waals surface area contributed by atoms with Crippen molar-refractivity contribution in [1.82, 2.24) is 44.1 Å². The number of nitrogens with zero attached hydrogens (tertiary/aromatic N) is 9. The first-order chi connectivity index (χ1) is 23.2. The molecule has 3 amide bonds. The number of likely N-dealkylation sites (tertiary alicyclic amines) is 1. The number of imide groups is 1. The quantitative estimate of drug-likeness (QED) is 0.255. The number of carbonyl (C=O) groups is 2. The highest BCUT2D eigenvalue weighted by atomic mass is 32.2. The van der Waals surface area contributed by atoms with Crippen LogP contribution >= 0.6 is 0 Å². The Morgan fingerprint density at radius 3 is 2.56 bits per heavy atom. The Bertz CT molecular complexity index is 1920. The number of urea groups is 1. The van der Waals surface area contributed by atoms with Gasteiger partial charge in [0.15, 0.2) is 11.5 Å². The van der Waals surface area contributed by atoms with Crippen LogP contribution in [0.4, 0.5) is 16.6 Å². The number of sulfonamides is 1. The van der Waals surface area contributed by atoms with Gasteiger partial charge in [-0.15, -0.1) is 0 Å². The summed E-state index contributed by atoms with van der Waals surface area (Å²) in [6.07, 6.45) is 7.82. The van der Waals surface area contributed by atoms with Crippen molar-refractivity contribution in [1.29, 1.82) is 0 Å². The lowest BCUT2D eigenvalue weighted by Crippen LogP contribution is -2.49. The second-order valence-corrected chi connectivity index (χ2v) is 15.1. The van der Waals surface area contributed by atoms with Gasteiger partial charge in [-0.25, -0.2) is 27.2 Å². The zero-order valence-electron chi connectivity index (χ0n) is 27.5. The molecule has 6 heterocycles. The topological polar surface area (TPSA) is 163 Å². The van der Waals surface area contributed by atoms with E-state index in [1.54, 1.807) is 21.4 Å². The number of hydrogen-bond donors (Lipinski definition) is 2. The molecule has 256 valence electrons. The lowest BCUT2D eigenvalue weighted by molar-refractivity contribution is -0.120. The van der Waals surface area contributed by atoms with Crippen LogP contribution < -0.4 is 15.5 Å². The highest BCUT2D eigenvalue weighted by Crippen LogP contribution is 2.33. The maximum Gasteiger partial charge on any atom is 0.329 e. The van der Waals surface area contributed by atoms with Gasteiger partial charge in [0.2, 0.25) is 21.9 Å². The SMILES string of the molecule is CCn1ncc2cnc(NC3CCN(S(=O)(=O)CCCN4CCC(c5ccc6c(N7CCC(=O)NC7=O)nn(C)c6c5)CC4)CC3)nc21. The fraction of sp³-hybridized carbons (Fsp3) is 0.562. The van der Waals surface area contributed by atoms with Gasteiger partial charge in [-0.05, 0) is 82.3 Å². The highest BCUT2D eigenvalue weighted by molar-refractivity contribution is 7.89. The van der Waals surface area contributed by atoms with Gasteiger partial charge in [0.1, 0.15) is 0 Å². The van der Waals surface area contributed by atoms with Gasteiger partial charge >= 0.3 is 6.03 Å². The maximum atomic E-state index is 13.2. The molecule has 0 aliphatic carbocycles. The van der Waals surface area contributed by atoms with Gasteiger partial charge in [0, 0.05) is 57.3 Å². The number of benzene rings is 1. The average molecular weight is 678 g/mol. The molecular formula is C32H43N11O4S. The van der Waals surface area contributed by atoms with Crippen molar-refractivity contribution in [3.8, 4) is 0 Å². The predicted molar refractivity (Wildman–Crippen MR) is 182 cm³/mol. The Morgan fingerprint density at radius 1 is 1.02 bits per heavy atom. The van der Waals surface area contributed by atoms with Gasteiger partial charge in [0.05, 0.1) is 22.9 Å². The summed E-state index contributed by atoms with van der Waals surface area (Å²) in [5.41, 5.74) is 3.00. The number of carbonyl (C=O) groups excluding carboxylic acids is 2. The first-order valence-electron chi connectivity index (χ1n) is 16.9. The smallest absolute Gasteiger partial charge is 0.329 e. The molecule has 0 atom stereocenters. The fourth-order valence-corrected chi connectivity index (χ4v) is 8.71. The van der Waals surface area contributed by atoms with Gasteiger partial charge in [0.25, 0.3) is 0 Å². The summed E-state index contributed by atoms with van der Waals surface area (Å²) in [4.78, 5) is 37.0. The molecule has 0 unspecified atom stereocenters. The first-order valence-corrected chi connectivity index (χ1v) is 18.5. The number of amides is 3. The molecule has 16 heteroatoms. The van der Waals surface area contributed by atoms with Crippen molar-refractivity contribution in [3.63, 3.8) is 0 Å². The van der Waals surface area contributed by atoms with Crippen LogP contribution in [-0.4, -0.2) is 110 Å². The third kappa shape index (κ3) is 6.60. The summed E-state index contributed by atoms with van der Waals surface area (Å²) in [5, 5.41) is 16.5. The molecule has 3 saturated heterocycles. The predicted octanol–water partition coefficient (Wildman–Crippen LogP) is 2.66. The Hall–Kier alpha value is -4.15. The minimum atomic E-state index is -3.32. The van der Waals surface area contributed by atoms with Crippen LogP contribution in [0.25, 0.3) is 21.9 Å². The van der Waals surface area contributed by atoms with Crippen LogP contribution in [0.1, 0.15) is 56.9 Å². The van der Waals surface area contributed by atoms with Crippen molar-refractivity contribution in [2.24, 2.45) is 7.05 Å². The number of hydrogen-bond acceptors (Lipinski definition) is 10. The van der Waals surface area contributed by atoms with Crippen LogP contribution in [0.15, 0.2) is 30.6 Å². The van der Waals surface area contributed by atoms with Crippen molar-refractivity contribution < 1.29 is 18.0 Å². The Balaban J connectivity index is 0.864. The molecule has 0 radical (unpaired) electrons. The molecule has 0 saturated carbocycles. The minimum absolute atomic E-state index is 0.122. The van der Waals surface area contributed by atoms with Crippen LogP contribution in [0.2, 0.25) is 0 Å². The Kier molecular flexibility index (Phi) is 9.04. The number of rotatable bonds is 10. The molecule has 15 nitrogen and oxygen atoms in total. The summed E-state index contributed by atoms with van der Waals surface area (Å²) in [6, 6.07) is 6.01. The number of anilines is 2. The third-order valence-corrected chi connectivity index (χ3v) is 11.9. The van der Waals surface area contributed by atoms with Gasteiger partial charge in [-0.3, -0.25) is 19.7 Å². The monoisotopic (exact) mass is 677 g/mol. The number of nitrogens with one attached hydrogen (secondary N) is 2. The van der Waals surface area contributed by atoms with Crippen molar-refractivity contribution >= 4 is 55.7 Å². The van der Waals surface area contributed by atoms with E-state index in [0.717, 1.165) is 61.0 Å². The van der Waals surface area contributed by atoms with E-state index in [4.69, 9.17) is 0 Å². The van der Waals surface area contributed by atoms with Crippen molar-refractivity contribution in [2.45, 2.75) is 64.0 Å². The van der Waals surface area contributed by atoms with Gasteiger partial charge < -0.3 is 10.2 Å². The summed E-state index contributed by atoms with van der Waals surface area (Å²) >= 11 is 0. The summed E-state index contributed by atoms with van der Waals surface area (Å²) in [5.74, 6) is 1.42. The third-order valence-electron chi connectivity index (χ3n) is 9.96. The summed E-state index contributed by atoms with van der Waals surface area (Å²) in [6.45, 7) is 6.67. The Morgan fingerprint density at radius 2 is 1.81 bits per heavy atom. The zero-order chi connectivity index (χ0) is 33.4. The van der Waals surface area contributed by atoms with E-state index in [2.05, 4.69) is 47.8 Å². The second kappa shape index (κ2) is 13.4. The van der Waals surface area contributed by atoms with E-state index in [0.29, 0.717) is 56.6 Å². The molecule has 48 heavy (non-hydrogen) atoms. The number of piperidine rings is 2. The molecule has 2 N–H and O–H groups in total. The summed E-state index contributed by atoms with van der Waals surface area (Å²) in [7, 11) is -1.45. The van der Waals surface area contributed by atoms with Gasteiger partial charge in [-0.1, -0.05) is 6.07 Å². The van der Waals surface area contributed by atoms with Crippen LogP contribution in [0.5, 0.6) is 0 Å². The maximum absolute atomic E-state index is 13.2. The number of fused-ring (bicyclic) bond motifs is 2. The van der Waals surface area contributed by atoms with E-state index in [1.807, 2.05) is 24.7 Å². The molecule has 0 bridgehead atoms. The van der Waals surface area contributed by atoms with E-state index >= 15 is 0 Å². The molecular weight excluding hydrogens is 634 g/mol. The molecule has 7 rings (SSSR count). The van der Waals surface area contributed by atoms with Gasteiger partial charge in [-0.2, -0.15) is 15.2 Å². The van der Waals surface area contributed by atoms with E-state index in [1.165, 1.54) is 10.5 Å².